The van der Waals surface area contributed by atoms with Crippen LogP contribution in [0.5, 0.6) is 0 Å². The van der Waals surface area contributed by atoms with Gasteiger partial charge in [-0.2, -0.15) is 0 Å². The Kier molecular flexibility index (Phi) is 4.48. The van der Waals surface area contributed by atoms with Gasteiger partial charge in [0.1, 0.15) is 0 Å². The summed E-state index contributed by atoms with van der Waals surface area (Å²) in [5.74, 6) is 0.106. The van der Waals surface area contributed by atoms with Gasteiger partial charge in [-0.3, -0.25) is 4.79 Å². The standard InChI is InChI=1S/C15H21ClN2O/c1-3-15(9-4-10-17-15)14(19)18-11(2)12-5-7-13(16)8-6-12/h5-8,11,17H,3-4,9-10H2,1-2H3,(H,18,19)/t11-,15?/m0/s1. The second-order valence-electron chi connectivity index (χ2n) is 5.21. The SMILES string of the molecule is CCC1(C(=O)N[C@@H](C)c2ccc(Cl)cc2)CCCN1. The van der Waals surface area contributed by atoms with Crippen LogP contribution in [0.2, 0.25) is 5.02 Å². The Labute approximate surface area is 119 Å². The second-order valence-corrected chi connectivity index (χ2v) is 5.65. The summed E-state index contributed by atoms with van der Waals surface area (Å²) < 4.78 is 0. The topological polar surface area (TPSA) is 41.1 Å². The Hall–Kier alpha value is -1.06. The fourth-order valence-corrected chi connectivity index (χ4v) is 2.76. The average Bonchev–Trinajstić information content (AvgIpc) is 2.89. The molecule has 1 unspecified atom stereocenters. The minimum atomic E-state index is -0.374. The van der Waals surface area contributed by atoms with Crippen LogP contribution in [0.25, 0.3) is 0 Å². The maximum absolute atomic E-state index is 12.4. The maximum Gasteiger partial charge on any atom is 0.240 e. The highest BCUT2D eigenvalue weighted by Crippen LogP contribution is 2.25. The quantitative estimate of drug-likeness (QED) is 0.890. The molecule has 3 nitrogen and oxygen atoms in total. The molecule has 2 atom stereocenters. The fraction of sp³-hybridized carbons (Fsp3) is 0.533. The van der Waals surface area contributed by atoms with E-state index in [1.54, 1.807) is 0 Å². The first-order valence-electron chi connectivity index (χ1n) is 6.89. The van der Waals surface area contributed by atoms with Crippen molar-refractivity contribution in [2.45, 2.75) is 44.7 Å². The number of rotatable bonds is 4. The van der Waals surface area contributed by atoms with Gasteiger partial charge in [0, 0.05) is 5.02 Å². The first kappa shape index (κ1) is 14.4. The van der Waals surface area contributed by atoms with E-state index in [2.05, 4.69) is 17.6 Å². The van der Waals surface area contributed by atoms with Gasteiger partial charge in [-0.05, 0) is 50.4 Å². The summed E-state index contributed by atoms with van der Waals surface area (Å²) in [7, 11) is 0. The van der Waals surface area contributed by atoms with Crippen LogP contribution in [-0.4, -0.2) is 18.0 Å². The molecule has 1 heterocycles. The first-order chi connectivity index (χ1) is 9.07. The van der Waals surface area contributed by atoms with E-state index < -0.39 is 0 Å². The van der Waals surface area contributed by atoms with E-state index in [1.807, 2.05) is 31.2 Å². The highest BCUT2D eigenvalue weighted by molar-refractivity contribution is 6.30. The summed E-state index contributed by atoms with van der Waals surface area (Å²) >= 11 is 5.87. The van der Waals surface area contributed by atoms with Gasteiger partial charge in [0.2, 0.25) is 5.91 Å². The van der Waals surface area contributed by atoms with Crippen LogP contribution in [0.4, 0.5) is 0 Å². The van der Waals surface area contributed by atoms with E-state index in [0.717, 1.165) is 31.4 Å². The van der Waals surface area contributed by atoms with Crippen LogP contribution in [0.15, 0.2) is 24.3 Å². The molecule has 0 aliphatic carbocycles. The van der Waals surface area contributed by atoms with Gasteiger partial charge >= 0.3 is 0 Å². The smallest absolute Gasteiger partial charge is 0.240 e. The van der Waals surface area contributed by atoms with E-state index >= 15 is 0 Å². The van der Waals surface area contributed by atoms with Crippen molar-refractivity contribution in [1.29, 1.82) is 0 Å². The molecule has 1 aliphatic heterocycles. The number of carbonyl (C=O) groups excluding carboxylic acids is 1. The minimum absolute atomic E-state index is 0.00408. The Morgan fingerprint density at radius 1 is 1.47 bits per heavy atom. The Morgan fingerprint density at radius 2 is 2.16 bits per heavy atom. The van der Waals surface area contributed by atoms with Gasteiger partial charge in [0.15, 0.2) is 0 Å². The fourth-order valence-electron chi connectivity index (χ4n) is 2.63. The monoisotopic (exact) mass is 280 g/mol. The Bertz CT molecular complexity index is 438. The van der Waals surface area contributed by atoms with Crippen LogP contribution in [0, 0.1) is 0 Å². The van der Waals surface area contributed by atoms with Crippen molar-refractivity contribution in [3.63, 3.8) is 0 Å². The third-order valence-corrected chi connectivity index (χ3v) is 4.25. The second kappa shape index (κ2) is 5.93. The summed E-state index contributed by atoms with van der Waals surface area (Å²) in [5.41, 5.74) is 0.697. The molecule has 19 heavy (non-hydrogen) atoms. The van der Waals surface area contributed by atoms with Gasteiger partial charge < -0.3 is 10.6 Å². The number of benzene rings is 1. The number of hydrogen-bond donors (Lipinski definition) is 2. The minimum Gasteiger partial charge on any atom is -0.348 e. The molecule has 1 saturated heterocycles. The first-order valence-corrected chi connectivity index (χ1v) is 7.26. The third-order valence-electron chi connectivity index (χ3n) is 4.00. The lowest BCUT2D eigenvalue weighted by atomic mass is 9.92. The van der Waals surface area contributed by atoms with E-state index in [-0.39, 0.29) is 17.5 Å². The summed E-state index contributed by atoms with van der Waals surface area (Å²) in [6, 6.07) is 7.60. The lowest BCUT2D eigenvalue weighted by molar-refractivity contribution is -0.128. The molecule has 0 aromatic heterocycles. The van der Waals surface area contributed by atoms with Gasteiger partial charge in [-0.1, -0.05) is 30.7 Å². The molecule has 1 fully saturated rings. The number of nitrogens with one attached hydrogen (secondary N) is 2. The van der Waals surface area contributed by atoms with Crippen molar-refractivity contribution in [1.82, 2.24) is 10.6 Å². The molecule has 1 aliphatic rings. The molecule has 0 saturated carbocycles. The maximum atomic E-state index is 12.4. The van der Waals surface area contributed by atoms with E-state index in [0.29, 0.717) is 5.02 Å². The Balaban J connectivity index is 2.04. The van der Waals surface area contributed by atoms with Crippen LogP contribution in [0.3, 0.4) is 0 Å². The van der Waals surface area contributed by atoms with E-state index in [1.165, 1.54) is 0 Å². The zero-order valence-electron chi connectivity index (χ0n) is 11.5. The number of amides is 1. The molecule has 1 amide bonds. The van der Waals surface area contributed by atoms with Crippen molar-refractivity contribution in [3.8, 4) is 0 Å². The van der Waals surface area contributed by atoms with Gasteiger partial charge in [-0.25, -0.2) is 0 Å². The molecule has 1 aromatic rings. The summed E-state index contributed by atoms with van der Waals surface area (Å²) in [4.78, 5) is 12.4. The van der Waals surface area contributed by atoms with Crippen LogP contribution < -0.4 is 10.6 Å². The highest BCUT2D eigenvalue weighted by atomic mass is 35.5. The number of carbonyl (C=O) groups is 1. The average molecular weight is 281 g/mol. The number of halogens is 1. The molecule has 0 bridgehead atoms. The van der Waals surface area contributed by atoms with Crippen molar-refractivity contribution in [2.75, 3.05) is 6.54 Å². The summed E-state index contributed by atoms with van der Waals surface area (Å²) in [5, 5.41) is 7.17. The molecular weight excluding hydrogens is 260 g/mol. The molecule has 2 rings (SSSR count). The molecular formula is C15H21ClN2O. The van der Waals surface area contributed by atoms with Crippen molar-refractivity contribution >= 4 is 17.5 Å². The lowest BCUT2D eigenvalue weighted by Crippen LogP contribution is -2.53. The van der Waals surface area contributed by atoms with Gasteiger partial charge in [-0.15, -0.1) is 0 Å². The molecule has 2 N–H and O–H groups in total. The molecule has 4 heteroatoms. The predicted molar refractivity (Wildman–Crippen MR) is 78.3 cm³/mol. The van der Waals surface area contributed by atoms with Crippen LogP contribution >= 0.6 is 11.6 Å². The summed E-state index contributed by atoms with van der Waals surface area (Å²) in [6.45, 7) is 4.99. The highest BCUT2D eigenvalue weighted by Gasteiger charge is 2.39. The number of hydrogen-bond acceptors (Lipinski definition) is 2. The van der Waals surface area contributed by atoms with Crippen molar-refractivity contribution < 1.29 is 4.79 Å². The van der Waals surface area contributed by atoms with Crippen LogP contribution in [-0.2, 0) is 4.79 Å². The van der Waals surface area contributed by atoms with Crippen molar-refractivity contribution in [3.05, 3.63) is 34.9 Å². The zero-order chi connectivity index (χ0) is 13.9. The lowest BCUT2D eigenvalue weighted by Gasteiger charge is -2.28. The van der Waals surface area contributed by atoms with Gasteiger partial charge in [0.05, 0.1) is 11.6 Å². The Morgan fingerprint density at radius 3 is 2.68 bits per heavy atom. The normalized spacial score (nSPS) is 24.2. The third kappa shape index (κ3) is 3.10. The zero-order valence-corrected chi connectivity index (χ0v) is 12.3. The molecule has 104 valence electrons. The predicted octanol–water partition coefficient (Wildman–Crippen LogP) is 3.05. The van der Waals surface area contributed by atoms with E-state index in [4.69, 9.17) is 11.6 Å². The van der Waals surface area contributed by atoms with Gasteiger partial charge in [0.25, 0.3) is 0 Å². The largest absolute Gasteiger partial charge is 0.348 e. The van der Waals surface area contributed by atoms with Crippen LogP contribution in [0.1, 0.15) is 44.7 Å². The molecule has 1 aromatic carbocycles. The molecule has 0 radical (unpaired) electrons. The van der Waals surface area contributed by atoms with Crippen molar-refractivity contribution in [2.24, 2.45) is 0 Å². The van der Waals surface area contributed by atoms with E-state index in [9.17, 15) is 4.79 Å². The summed E-state index contributed by atoms with van der Waals surface area (Å²) in [6.07, 6.45) is 2.81. The molecule has 0 spiro atoms.